The summed E-state index contributed by atoms with van der Waals surface area (Å²) >= 11 is 7.52. The molecule has 0 saturated carbocycles. The lowest BCUT2D eigenvalue weighted by Crippen LogP contribution is -2.05. The number of thioether (sulfide) groups is 1. The zero-order chi connectivity index (χ0) is 10.2. The molecule has 0 aliphatic rings. The third kappa shape index (κ3) is 4.77. The predicted molar refractivity (Wildman–Crippen MR) is 64.6 cm³/mol. The van der Waals surface area contributed by atoms with E-state index in [1.54, 1.807) is 0 Å². The molecule has 0 spiro atoms. The van der Waals surface area contributed by atoms with Gasteiger partial charge in [0.25, 0.3) is 0 Å². The molecule has 0 saturated heterocycles. The Balaban J connectivity index is 2.10. The van der Waals surface area contributed by atoms with Gasteiger partial charge in [0.05, 0.1) is 6.61 Å². The summed E-state index contributed by atoms with van der Waals surface area (Å²) < 4.78 is 5.54. The lowest BCUT2D eigenvalue weighted by molar-refractivity contribution is 0.344. The van der Waals surface area contributed by atoms with Crippen molar-refractivity contribution in [1.82, 2.24) is 0 Å². The molecule has 1 aromatic carbocycles. The number of hydrogen-bond acceptors (Lipinski definition) is 2. The number of rotatable bonds is 6. The molecule has 78 valence electrons. The summed E-state index contributed by atoms with van der Waals surface area (Å²) in [6.45, 7) is 2.87. The Morgan fingerprint density at radius 1 is 1.36 bits per heavy atom. The van der Waals surface area contributed by atoms with Gasteiger partial charge in [-0.3, -0.25) is 0 Å². The van der Waals surface area contributed by atoms with Gasteiger partial charge in [0.2, 0.25) is 0 Å². The van der Waals surface area contributed by atoms with Crippen LogP contribution in [0.3, 0.4) is 0 Å². The number of hydrogen-bond donors (Lipinski definition) is 0. The zero-order valence-electron chi connectivity index (χ0n) is 8.28. The Bertz CT molecular complexity index is 240. The van der Waals surface area contributed by atoms with E-state index >= 15 is 0 Å². The second kappa shape index (κ2) is 7.02. The van der Waals surface area contributed by atoms with Crippen LogP contribution in [0, 0.1) is 0 Å². The average molecular weight is 231 g/mol. The minimum Gasteiger partial charge on any atom is -0.493 e. The summed E-state index contributed by atoms with van der Waals surface area (Å²) in [5, 5.41) is 0.510. The van der Waals surface area contributed by atoms with Crippen molar-refractivity contribution in [1.29, 1.82) is 0 Å². The summed E-state index contributed by atoms with van der Waals surface area (Å²) in [7, 11) is 0. The third-order valence-corrected chi connectivity index (χ3v) is 3.50. The number of ether oxygens (including phenoxy) is 1. The van der Waals surface area contributed by atoms with Gasteiger partial charge in [-0.25, -0.2) is 0 Å². The molecule has 1 aromatic rings. The van der Waals surface area contributed by atoms with Crippen molar-refractivity contribution in [3.8, 4) is 5.75 Å². The molecule has 0 aliphatic carbocycles. The van der Waals surface area contributed by atoms with Gasteiger partial charge in [-0.1, -0.05) is 25.1 Å². The molecule has 1 rings (SSSR count). The Hall–Kier alpha value is -0.340. The Kier molecular flexibility index (Phi) is 5.88. The highest BCUT2D eigenvalue weighted by Gasteiger charge is 1.99. The first-order valence-corrected chi connectivity index (χ1v) is 6.26. The molecule has 0 radical (unpaired) electrons. The Labute approximate surface area is 94.8 Å². The van der Waals surface area contributed by atoms with Gasteiger partial charge in [-0.2, -0.15) is 11.8 Å². The summed E-state index contributed by atoms with van der Waals surface area (Å²) in [4.78, 5) is 0. The molecule has 1 atom stereocenters. The maximum Gasteiger partial charge on any atom is 0.119 e. The van der Waals surface area contributed by atoms with Crippen molar-refractivity contribution < 1.29 is 4.74 Å². The molecule has 1 nitrogen and oxygen atoms in total. The maximum absolute atomic E-state index is 5.69. The molecule has 0 aromatic heterocycles. The summed E-state index contributed by atoms with van der Waals surface area (Å²) in [5.41, 5.74) is 0. The Morgan fingerprint density at radius 2 is 2.07 bits per heavy atom. The minimum atomic E-state index is 0.510. The van der Waals surface area contributed by atoms with Crippen molar-refractivity contribution >= 4 is 23.4 Å². The average Bonchev–Trinajstić information content (AvgIpc) is 2.25. The minimum absolute atomic E-state index is 0.510. The van der Waals surface area contributed by atoms with E-state index in [9.17, 15) is 0 Å². The van der Waals surface area contributed by atoms with E-state index in [1.807, 2.05) is 42.1 Å². The number of halogens is 1. The first-order chi connectivity index (χ1) is 6.83. The Morgan fingerprint density at radius 3 is 2.71 bits per heavy atom. The summed E-state index contributed by atoms with van der Waals surface area (Å²) in [6, 6.07) is 9.87. The van der Waals surface area contributed by atoms with E-state index < -0.39 is 0 Å². The van der Waals surface area contributed by atoms with E-state index in [1.165, 1.54) is 0 Å². The van der Waals surface area contributed by atoms with Gasteiger partial charge in [-0.05, 0) is 12.1 Å². The molecule has 14 heavy (non-hydrogen) atoms. The zero-order valence-corrected chi connectivity index (χ0v) is 9.85. The molecule has 0 aliphatic heterocycles. The molecular formula is C11H15ClOS. The highest BCUT2D eigenvalue weighted by Crippen LogP contribution is 2.13. The van der Waals surface area contributed by atoms with Crippen LogP contribution < -0.4 is 4.74 Å². The topological polar surface area (TPSA) is 9.23 Å². The van der Waals surface area contributed by atoms with Crippen molar-refractivity contribution in [3.63, 3.8) is 0 Å². The van der Waals surface area contributed by atoms with Gasteiger partial charge in [0, 0.05) is 16.9 Å². The summed E-state index contributed by atoms with van der Waals surface area (Å²) in [6.07, 6.45) is 0. The molecular weight excluding hydrogens is 216 g/mol. The monoisotopic (exact) mass is 230 g/mol. The SMILES string of the molecule is CC(CCl)SCCOc1ccccc1. The van der Waals surface area contributed by atoms with E-state index in [2.05, 4.69) is 6.92 Å². The quantitative estimate of drug-likeness (QED) is 0.547. The molecule has 0 fully saturated rings. The van der Waals surface area contributed by atoms with Crippen molar-refractivity contribution in [2.45, 2.75) is 12.2 Å². The van der Waals surface area contributed by atoms with Crippen LogP contribution in [0.15, 0.2) is 30.3 Å². The first kappa shape index (κ1) is 11.7. The third-order valence-electron chi connectivity index (χ3n) is 1.71. The molecule has 0 amide bonds. The van der Waals surface area contributed by atoms with E-state index in [0.717, 1.165) is 18.1 Å². The number of benzene rings is 1. The van der Waals surface area contributed by atoms with Crippen LogP contribution in [0.4, 0.5) is 0 Å². The molecule has 0 N–H and O–H groups in total. The molecule has 3 heteroatoms. The smallest absolute Gasteiger partial charge is 0.119 e. The fourth-order valence-corrected chi connectivity index (χ4v) is 1.91. The van der Waals surface area contributed by atoms with Crippen LogP contribution in [0.2, 0.25) is 0 Å². The molecule has 0 heterocycles. The van der Waals surface area contributed by atoms with Gasteiger partial charge < -0.3 is 4.74 Å². The molecule has 0 bridgehead atoms. The van der Waals surface area contributed by atoms with E-state index in [0.29, 0.717) is 11.1 Å². The van der Waals surface area contributed by atoms with E-state index in [-0.39, 0.29) is 0 Å². The van der Waals surface area contributed by atoms with Gasteiger partial charge in [-0.15, -0.1) is 11.6 Å². The largest absolute Gasteiger partial charge is 0.493 e. The lowest BCUT2D eigenvalue weighted by atomic mass is 10.3. The van der Waals surface area contributed by atoms with Crippen LogP contribution >= 0.6 is 23.4 Å². The van der Waals surface area contributed by atoms with Crippen LogP contribution in [0.25, 0.3) is 0 Å². The van der Waals surface area contributed by atoms with Gasteiger partial charge in [0.1, 0.15) is 5.75 Å². The van der Waals surface area contributed by atoms with Gasteiger partial charge in [0.15, 0.2) is 0 Å². The second-order valence-electron chi connectivity index (χ2n) is 3.00. The van der Waals surface area contributed by atoms with Crippen LogP contribution in [-0.2, 0) is 0 Å². The number of para-hydroxylation sites is 1. The fraction of sp³-hybridized carbons (Fsp3) is 0.455. The standard InChI is InChI=1S/C11H15ClOS/c1-10(9-12)14-8-7-13-11-5-3-2-4-6-11/h2-6,10H,7-9H2,1H3. The van der Waals surface area contributed by atoms with Crippen LogP contribution in [-0.4, -0.2) is 23.5 Å². The van der Waals surface area contributed by atoms with E-state index in [4.69, 9.17) is 16.3 Å². The number of alkyl halides is 1. The first-order valence-electron chi connectivity index (χ1n) is 4.68. The maximum atomic E-state index is 5.69. The highest BCUT2D eigenvalue weighted by atomic mass is 35.5. The van der Waals surface area contributed by atoms with Crippen LogP contribution in [0.1, 0.15) is 6.92 Å². The lowest BCUT2D eigenvalue weighted by Gasteiger charge is -2.08. The van der Waals surface area contributed by atoms with Crippen molar-refractivity contribution in [2.75, 3.05) is 18.2 Å². The molecule has 1 unspecified atom stereocenters. The predicted octanol–water partition coefficient (Wildman–Crippen LogP) is 3.43. The van der Waals surface area contributed by atoms with Crippen LogP contribution in [0.5, 0.6) is 5.75 Å². The fourth-order valence-electron chi connectivity index (χ4n) is 0.970. The second-order valence-corrected chi connectivity index (χ2v) is 4.85. The van der Waals surface area contributed by atoms with Crippen molar-refractivity contribution in [3.05, 3.63) is 30.3 Å². The highest BCUT2D eigenvalue weighted by molar-refractivity contribution is 7.99. The van der Waals surface area contributed by atoms with Gasteiger partial charge >= 0.3 is 0 Å². The van der Waals surface area contributed by atoms with Crippen molar-refractivity contribution in [2.24, 2.45) is 0 Å². The summed E-state index contributed by atoms with van der Waals surface area (Å²) in [5.74, 6) is 2.63. The normalized spacial score (nSPS) is 12.4.